The molecule has 4 rings (SSSR count). The standard InChI is InChI=1S/C33H33N3O5/c1-23-13-15-24(16-14-23)27-9-5-6-10-28(27)31(39)35-26-19-17-25(18-20-26)33(40)36(2)29-11-8-21-34-32(29)41-22-7-3-4-12-30(37)38/h5-6,8-11,13-21H,3-4,7,12,22H2,1-2H3,(H,35,39)(H,37,38). The third kappa shape index (κ3) is 7.79. The summed E-state index contributed by atoms with van der Waals surface area (Å²) < 4.78 is 5.80. The van der Waals surface area contributed by atoms with Gasteiger partial charge in [0.25, 0.3) is 11.8 Å². The summed E-state index contributed by atoms with van der Waals surface area (Å²) in [6, 6.07) is 25.7. The van der Waals surface area contributed by atoms with E-state index < -0.39 is 5.97 Å². The number of amides is 2. The third-order valence-corrected chi connectivity index (χ3v) is 6.61. The zero-order valence-corrected chi connectivity index (χ0v) is 23.2. The lowest BCUT2D eigenvalue weighted by Crippen LogP contribution is -2.27. The van der Waals surface area contributed by atoms with Gasteiger partial charge in [0.1, 0.15) is 5.69 Å². The number of ether oxygens (including phenoxy) is 1. The first-order valence-corrected chi connectivity index (χ1v) is 13.5. The van der Waals surface area contributed by atoms with Crippen molar-refractivity contribution in [1.29, 1.82) is 0 Å². The summed E-state index contributed by atoms with van der Waals surface area (Å²) in [5.41, 5.74) is 5.04. The molecule has 3 aromatic carbocycles. The molecule has 210 valence electrons. The highest BCUT2D eigenvalue weighted by Crippen LogP contribution is 2.27. The fourth-order valence-corrected chi connectivity index (χ4v) is 4.34. The van der Waals surface area contributed by atoms with Crippen LogP contribution < -0.4 is 15.0 Å². The van der Waals surface area contributed by atoms with Gasteiger partial charge in [-0.15, -0.1) is 0 Å². The molecule has 0 aliphatic heterocycles. The van der Waals surface area contributed by atoms with Crippen molar-refractivity contribution in [2.45, 2.75) is 32.6 Å². The molecule has 2 amide bonds. The molecule has 0 fully saturated rings. The van der Waals surface area contributed by atoms with Gasteiger partial charge in [-0.25, -0.2) is 4.98 Å². The first kappa shape index (κ1) is 29.0. The number of benzene rings is 3. The molecular weight excluding hydrogens is 518 g/mol. The Labute approximate surface area is 239 Å². The molecule has 0 radical (unpaired) electrons. The minimum Gasteiger partial charge on any atom is -0.481 e. The largest absolute Gasteiger partial charge is 0.481 e. The highest BCUT2D eigenvalue weighted by molar-refractivity contribution is 6.09. The minimum atomic E-state index is -0.808. The summed E-state index contributed by atoms with van der Waals surface area (Å²) in [4.78, 5) is 42.8. The maximum absolute atomic E-state index is 13.3. The Balaban J connectivity index is 1.40. The molecule has 0 spiro atoms. The Kier molecular flexibility index (Phi) is 9.83. The van der Waals surface area contributed by atoms with Crippen molar-refractivity contribution in [3.05, 3.63) is 108 Å². The predicted molar refractivity (Wildman–Crippen MR) is 160 cm³/mol. The highest BCUT2D eigenvalue weighted by Gasteiger charge is 2.19. The van der Waals surface area contributed by atoms with Crippen molar-refractivity contribution < 1.29 is 24.2 Å². The summed E-state index contributed by atoms with van der Waals surface area (Å²) in [6.07, 6.45) is 3.72. The number of aromatic nitrogens is 1. The van der Waals surface area contributed by atoms with Crippen LogP contribution in [0.3, 0.4) is 0 Å². The maximum Gasteiger partial charge on any atom is 0.303 e. The number of hydrogen-bond donors (Lipinski definition) is 2. The fraction of sp³-hybridized carbons (Fsp3) is 0.212. The molecular formula is C33H33N3O5. The van der Waals surface area contributed by atoms with Crippen LogP contribution in [0.2, 0.25) is 0 Å². The van der Waals surface area contributed by atoms with E-state index >= 15 is 0 Å². The number of anilines is 2. The lowest BCUT2D eigenvalue weighted by molar-refractivity contribution is -0.137. The molecule has 0 aliphatic carbocycles. The Bertz CT molecular complexity index is 1500. The van der Waals surface area contributed by atoms with Crippen LogP contribution in [0.25, 0.3) is 11.1 Å². The van der Waals surface area contributed by atoms with E-state index in [2.05, 4.69) is 10.3 Å². The number of rotatable bonds is 12. The van der Waals surface area contributed by atoms with Gasteiger partial charge in [0.2, 0.25) is 5.88 Å². The average molecular weight is 552 g/mol. The van der Waals surface area contributed by atoms with Gasteiger partial charge in [-0.3, -0.25) is 14.4 Å². The lowest BCUT2D eigenvalue weighted by Gasteiger charge is -2.20. The number of nitrogens with one attached hydrogen (secondary N) is 1. The van der Waals surface area contributed by atoms with Gasteiger partial charge in [-0.2, -0.15) is 0 Å². The number of carbonyl (C=O) groups excluding carboxylic acids is 2. The van der Waals surface area contributed by atoms with Crippen molar-refractivity contribution in [3.8, 4) is 17.0 Å². The fourth-order valence-electron chi connectivity index (χ4n) is 4.34. The van der Waals surface area contributed by atoms with Crippen LogP contribution in [0, 0.1) is 6.92 Å². The van der Waals surface area contributed by atoms with E-state index in [-0.39, 0.29) is 18.2 Å². The number of carboxylic acids is 1. The van der Waals surface area contributed by atoms with Gasteiger partial charge >= 0.3 is 5.97 Å². The Morgan fingerprint density at radius 1 is 0.878 bits per heavy atom. The molecule has 0 saturated heterocycles. The number of aryl methyl sites for hydroxylation is 1. The van der Waals surface area contributed by atoms with Crippen LogP contribution >= 0.6 is 0 Å². The second kappa shape index (κ2) is 13.9. The average Bonchev–Trinajstić information content (AvgIpc) is 2.99. The van der Waals surface area contributed by atoms with E-state index in [1.165, 1.54) is 4.90 Å². The Hall–Kier alpha value is -4.98. The van der Waals surface area contributed by atoms with E-state index in [1.807, 2.05) is 49.4 Å². The smallest absolute Gasteiger partial charge is 0.303 e. The number of hydrogen-bond acceptors (Lipinski definition) is 5. The molecule has 1 aromatic heterocycles. The zero-order chi connectivity index (χ0) is 29.2. The highest BCUT2D eigenvalue weighted by atomic mass is 16.5. The van der Waals surface area contributed by atoms with Crippen LogP contribution in [0.1, 0.15) is 52.0 Å². The molecule has 0 saturated carbocycles. The number of nitrogens with zero attached hydrogens (tertiary/aromatic N) is 2. The van der Waals surface area contributed by atoms with Gasteiger partial charge < -0.3 is 20.1 Å². The molecule has 0 atom stereocenters. The molecule has 8 heteroatoms. The summed E-state index contributed by atoms with van der Waals surface area (Å²) >= 11 is 0. The maximum atomic E-state index is 13.3. The molecule has 4 aromatic rings. The van der Waals surface area contributed by atoms with E-state index in [0.29, 0.717) is 47.8 Å². The summed E-state index contributed by atoms with van der Waals surface area (Å²) in [5, 5.41) is 11.7. The summed E-state index contributed by atoms with van der Waals surface area (Å²) in [7, 11) is 1.65. The molecule has 2 N–H and O–H groups in total. The predicted octanol–water partition coefficient (Wildman–Crippen LogP) is 6.61. The minimum absolute atomic E-state index is 0.134. The van der Waals surface area contributed by atoms with Crippen LogP contribution in [0.5, 0.6) is 5.88 Å². The van der Waals surface area contributed by atoms with E-state index in [4.69, 9.17) is 9.84 Å². The number of pyridine rings is 1. The normalized spacial score (nSPS) is 10.6. The van der Waals surface area contributed by atoms with Gasteiger partial charge in [-0.05, 0) is 79.8 Å². The first-order chi connectivity index (χ1) is 19.8. The monoisotopic (exact) mass is 551 g/mol. The van der Waals surface area contributed by atoms with Gasteiger partial charge in [0.05, 0.1) is 6.61 Å². The number of unbranched alkanes of at least 4 members (excludes halogenated alkanes) is 2. The van der Waals surface area contributed by atoms with Crippen LogP contribution in [-0.2, 0) is 4.79 Å². The Morgan fingerprint density at radius 2 is 1.61 bits per heavy atom. The van der Waals surface area contributed by atoms with Crippen molar-refractivity contribution in [3.63, 3.8) is 0 Å². The molecule has 41 heavy (non-hydrogen) atoms. The van der Waals surface area contributed by atoms with Gasteiger partial charge in [-0.1, -0.05) is 48.0 Å². The van der Waals surface area contributed by atoms with Crippen LogP contribution in [0.4, 0.5) is 11.4 Å². The Morgan fingerprint density at radius 3 is 2.34 bits per heavy atom. The topological polar surface area (TPSA) is 109 Å². The van der Waals surface area contributed by atoms with Crippen molar-refractivity contribution in [2.75, 3.05) is 23.9 Å². The number of carboxylic acid groups (broad SMARTS) is 1. The van der Waals surface area contributed by atoms with Crippen molar-refractivity contribution >= 4 is 29.2 Å². The molecule has 0 bridgehead atoms. The lowest BCUT2D eigenvalue weighted by atomic mass is 9.98. The van der Waals surface area contributed by atoms with Crippen LogP contribution in [0.15, 0.2) is 91.1 Å². The second-order valence-electron chi connectivity index (χ2n) is 9.69. The summed E-state index contributed by atoms with van der Waals surface area (Å²) in [5.74, 6) is -0.973. The van der Waals surface area contributed by atoms with E-state index in [1.54, 1.807) is 55.7 Å². The van der Waals surface area contributed by atoms with Gasteiger partial charge in [0.15, 0.2) is 0 Å². The molecule has 1 heterocycles. The third-order valence-electron chi connectivity index (χ3n) is 6.61. The molecule has 8 nitrogen and oxygen atoms in total. The molecule has 0 aliphatic rings. The van der Waals surface area contributed by atoms with Gasteiger partial charge in [0, 0.05) is 36.5 Å². The second-order valence-corrected chi connectivity index (χ2v) is 9.69. The molecule has 0 unspecified atom stereocenters. The zero-order valence-electron chi connectivity index (χ0n) is 23.2. The number of aliphatic carboxylic acids is 1. The quantitative estimate of drug-likeness (QED) is 0.192. The van der Waals surface area contributed by atoms with Crippen LogP contribution in [-0.4, -0.2) is 41.5 Å². The van der Waals surface area contributed by atoms with E-state index in [9.17, 15) is 14.4 Å². The first-order valence-electron chi connectivity index (χ1n) is 13.5. The SMILES string of the molecule is Cc1ccc(-c2ccccc2C(=O)Nc2ccc(C(=O)N(C)c3cccnc3OCCCCCC(=O)O)cc2)cc1. The van der Waals surface area contributed by atoms with Crippen molar-refractivity contribution in [1.82, 2.24) is 4.98 Å². The van der Waals surface area contributed by atoms with E-state index in [0.717, 1.165) is 23.1 Å². The number of carbonyl (C=O) groups is 3. The summed E-state index contributed by atoms with van der Waals surface area (Å²) in [6.45, 7) is 2.39. The van der Waals surface area contributed by atoms with Crippen molar-refractivity contribution in [2.24, 2.45) is 0 Å².